The van der Waals surface area contributed by atoms with Crippen LogP contribution in [-0.4, -0.2) is 5.78 Å². The number of nitrogen functional groups attached to an aromatic ring is 1. The number of carbonyl (C=O) groups excluding carboxylic acids is 1. The first-order valence-corrected chi connectivity index (χ1v) is 4.53. The summed E-state index contributed by atoms with van der Waals surface area (Å²) in [6.07, 6.45) is 0.781. The predicted octanol–water partition coefficient (Wildman–Crippen LogP) is 2.69. The van der Waals surface area contributed by atoms with Crippen LogP contribution in [0, 0.1) is 0 Å². The summed E-state index contributed by atoms with van der Waals surface area (Å²) in [5.41, 5.74) is 7.81. The molecule has 0 amide bonds. The second kappa shape index (κ2) is 3.79. The molecule has 3 heteroatoms. The third-order valence-corrected chi connectivity index (χ3v) is 2.33. The van der Waals surface area contributed by atoms with Gasteiger partial charge in [-0.1, -0.05) is 18.5 Å². The summed E-state index contributed by atoms with van der Waals surface area (Å²) >= 11 is 5.95. The summed E-state index contributed by atoms with van der Waals surface area (Å²) in [6.45, 7) is 3.47. The minimum Gasteiger partial charge on any atom is -0.398 e. The van der Waals surface area contributed by atoms with Crippen LogP contribution >= 0.6 is 11.6 Å². The smallest absolute Gasteiger partial charge is 0.159 e. The first-order chi connectivity index (χ1) is 6.06. The molecule has 0 aliphatic carbocycles. The first kappa shape index (κ1) is 10.1. The monoisotopic (exact) mass is 197 g/mol. The molecule has 13 heavy (non-hydrogen) atoms. The summed E-state index contributed by atoms with van der Waals surface area (Å²) in [5.74, 6) is -0.0174. The van der Waals surface area contributed by atoms with Crippen LogP contribution < -0.4 is 5.73 Å². The van der Waals surface area contributed by atoms with Crippen molar-refractivity contribution in [2.24, 2.45) is 0 Å². The van der Waals surface area contributed by atoms with Gasteiger partial charge in [0.1, 0.15) is 0 Å². The zero-order chi connectivity index (χ0) is 10.0. The molecule has 1 aromatic carbocycles. The number of ketones is 1. The Hall–Kier alpha value is -1.02. The van der Waals surface area contributed by atoms with Crippen LogP contribution in [0.15, 0.2) is 12.1 Å². The minimum absolute atomic E-state index is 0.0174. The Bertz CT molecular complexity index is 324. The number of rotatable bonds is 2. The zero-order valence-electron chi connectivity index (χ0n) is 7.73. The molecular weight excluding hydrogens is 186 g/mol. The molecule has 0 heterocycles. The Morgan fingerprint density at radius 1 is 1.54 bits per heavy atom. The SMILES string of the molecule is CCc1c(N)cc(C(C)=O)cc1Cl. The molecule has 0 fully saturated rings. The molecule has 0 aromatic heterocycles. The van der Waals surface area contributed by atoms with Crippen LogP contribution in [0.25, 0.3) is 0 Å². The first-order valence-electron chi connectivity index (χ1n) is 4.15. The lowest BCUT2D eigenvalue weighted by atomic mass is 10.1. The molecule has 1 aromatic rings. The molecule has 0 unspecified atom stereocenters. The van der Waals surface area contributed by atoms with Crippen molar-refractivity contribution in [2.45, 2.75) is 20.3 Å². The van der Waals surface area contributed by atoms with Gasteiger partial charge in [0, 0.05) is 16.3 Å². The van der Waals surface area contributed by atoms with E-state index in [4.69, 9.17) is 17.3 Å². The second-order valence-electron chi connectivity index (χ2n) is 2.94. The van der Waals surface area contributed by atoms with E-state index in [1.54, 1.807) is 12.1 Å². The molecule has 2 nitrogen and oxygen atoms in total. The minimum atomic E-state index is -0.0174. The topological polar surface area (TPSA) is 43.1 Å². The van der Waals surface area contributed by atoms with Gasteiger partial charge in [0.15, 0.2) is 5.78 Å². The number of halogens is 1. The van der Waals surface area contributed by atoms with Crippen LogP contribution in [0.4, 0.5) is 5.69 Å². The molecular formula is C10H12ClNO. The molecule has 1 rings (SSSR count). The van der Waals surface area contributed by atoms with E-state index in [1.807, 2.05) is 6.92 Å². The van der Waals surface area contributed by atoms with E-state index < -0.39 is 0 Å². The largest absolute Gasteiger partial charge is 0.398 e. The Morgan fingerprint density at radius 3 is 2.54 bits per heavy atom. The molecule has 0 saturated heterocycles. The summed E-state index contributed by atoms with van der Waals surface area (Å²) in [7, 11) is 0. The lowest BCUT2D eigenvalue weighted by Crippen LogP contribution is -1.99. The molecule has 0 aliphatic rings. The van der Waals surface area contributed by atoms with E-state index in [-0.39, 0.29) is 5.78 Å². The number of anilines is 1. The second-order valence-corrected chi connectivity index (χ2v) is 3.34. The number of benzene rings is 1. The average Bonchev–Trinajstić information content (AvgIpc) is 2.03. The Morgan fingerprint density at radius 2 is 2.15 bits per heavy atom. The molecule has 70 valence electrons. The normalized spacial score (nSPS) is 10.1. The molecule has 2 N–H and O–H groups in total. The lowest BCUT2D eigenvalue weighted by Gasteiger charge is -2.07. The maximum Gasteiger partial charge on any atom is 0.159 e. The van der Waals surface area contributed by atoms with Gasteiger partial charge < -0.3 is 5.73 Å². The number of hydrogen-bond donors (Lipinski definition) is 1. The van der Waals surface area contributed by atoms with Crippen LogP contribution in [0.5, 0.6) is 0 Å². The number of carbonyl (C=O) groups is 1. The molecule has 0 bridgehead atoms. The number of hydrogen-bond acceptors (Lipinski definition) is 2. The Balaban J connectivity index is 3.28. The quantitative estimate of drug-likeness (QED) is 0.585. The van der Waals surface area contributed by atoms with Gasteiger partial charge in [-0.05, 0) is 31.0 Å². The van der Waals surface area contributed by atoms with Gasteiger partial charge >= 0.3 is 0 Å². The molecule has 0 radical (unpaired) electrons. The average molecular weight is 198 g/mol. The van der Waals surface area contributed by atoms with Gasteiger partial charge in [0.2, 0.25) is 0 Å². The maximum absolute atomic E-state index is 11.0. The fraction of sp³-hybridized carbons (Fsp3) is 0.300. The van der Waals surface area contributed by atoms with Crippen molar-refractivity contribution in [3.63, 3.8) is 0 Å². The van der Waals surface area contributed by atoms with Crippen molar-refractivity contribution < 1.29 is 4.79 Å². The highest BCUT2D eigenvalue weighted by Crippen LogP contribution is 2.25. The standard InChI is InChI=1S/C10H12ClNO/c1-3-8-9(11)4-7(6(2)13)5-10(8)12/h4-5H,3,12H2,1-2H3. The predicted molar refractivity (Wildman–Crippen MR) is 55.2 cm³/mol. The van der Waals surface area contributed by atoms with E-state index >= 15 is 0 Å². The van der Waals surface area contributed by atoms with Crippen molar-refractivity contribution in [3.05, 3.63) is 28.3 Å². The molecule has 0 saturated carbocycles. The highest BCUT2D eigenvalue weighted by atomic mass is 35.5. The van der Waals surface area contributed by atoms with E-state index in [9.17, 15) is 4.79 Å². The van der Waals surface area contributed by atoms with E-state index in [0.717, 1.165) is 12.0 Å². The highest BCUT2D eigenvalue weighted by Gasteiger charge is 2.07. The van der Waals surface area contributed by atoms with Gasteiger partial charge in [-0.15, -0.1) is 0 Å². The van der Waals surface area contributed by atoms with Crippen molar-refractivity contribution >= 4 is 23.1 Å². The van der Waals surface area contributed by atoms with Crippen LogP contribution in [0.3, 0.4) is 0 Å². The van der Waals surface area contributed by atoms with Gasteiger partial charge in [-0.25, -0.2) is 0 Å². The van der Waals surface area contributed by atoms with Gasteiger partial charge in [-0.3, -0.25) is 4.79 Å². The lowest BCUT2D eigenvalue weighted by molar-refractivity contribution is 0.101. The van der Waals surface area contributed by atoms with Crippen molar-refractivity contribution in [1.82, 2.24) is 0 Å². The van der Waals surface area contributed by atoms with Gasteiger partial charge in [-0.2, -0.15) is 0 Å². The fourth-order valence-corrected chi connectivity index (χ4v) is 1.59. The molecule has 0 aliphatic heterocycles. The fourth-order valence-electron chi connectivity index (χ4n) is 1.23. The van der Waals surface area contributed by atoms with E-state index in [2.05, 4.69) is 0 Å². The third kappa shape index (κ3) is 2.01. The maximum atomic E-state index is 11.0. The van der Waals surface area contributed by atoms with Crippen LogP contribution in [0.1, 0.15) is 29.8 Å². The summed E-state index contributed by atoms with van der Waals surface area (Å²) < 4.78 is 0. The molecule has 0 atom stereocenters. The third-order valence-electron chi connectivity index (χ3n) is 1.99. The summed E-state index contributed by atoms with van der Waals surface area (Å²) in [6, 6.07) is 3.34. The van der Waals surface area contributed by atoms with Gasteiger partial charge in [0.25, 0.3) is 0 Å². The van der Waals surface area contributed by atoms with Gasteiger partial charge in [0.05, 0.1) is 0 Å². The van der Waals surface area contributed by atoms with Crippen molar-refractivity contribution in [1.29, 1.82) is 0 Å². The van der Waals surface area contributed by atoms with Crippen molar-refractivity contribution in [2.75, 3.05) is 5.73 Å². The highest BCUT2D eigenvalue weighted by molar-refractivity contribution is 6.32. The number of nitrogens with two attached hydrogens (primary N) is 1. The van der Waals surface area contributed by atoms with Crippen LogP contribution in [0.2, 0.25) is 5.02 Å². The Labute approximate surface area is 82.7 Å². The summed E-state index contributed by atoms with van der Waals surface area (Å²) in [5, 5.41) is 0.577. The van der Waals surface area contributed by atoms with E-state index in [0.29, 0.717) is 16.3 Å². The summed E-state index contributed by atoms with van der Waals surface area (Å²) in [4.78, 5) is 11.0. The van der Waals surface area contributed by atoms with Crippen molar-refractivity contribution in [3.8, 4) is 0 Å². The molecule has 0 spiro atoms. The van der Waals surface area contributed by atoms with E-state index in [1.165, 1.54) is 6.92 Å². The Kier molecular flexibility index (Phi) is 2.94. The zero-order valence-corrected chi connectivity index (χ0v) is 8.48. The number of Topliss-reactive ketones (excluding diaryl/α,β-unsaturated/α-hetero) is 1. The van der Waals surface area contributed by atoms with Crippen LogP contribution in [-0.2, 0) is 6.42 Å².